The summed E-state index contributed by atoms with van der Waals surface area (Å²) in [4.78, 5) is 22.1. The third-order valence-electron chi connectivity index (χ3n) is 2.16. The third-order valence-corrected chi connectivity index (χ3v) is 2.16. The summed E-state index contributed by atoms with van der Waals surface area (Å²) in [5.41, 5.74) is 10.8. The lowest BCUT2D eigenvalue weighted by Gasteiger charge is -2.06. The highest BCUT2D eigenvalue weighted by molar-refractivity contribution is 5.94. The van der Waals surface area contributed by atoms with E-state index in [1.54, 1.807) is 24.3 Å². The van der Waals surface area contributed by atoms with Crippen LogP contribution < -0.4 is 21.5 Å². The van der Waals surface area contributed by atoms with E-state index in [4.69, 9.17) is 16.2 Å². The molecule has 0 aromatic heterocycles. The number of hydrogen-bond acceptors (Lipinski definition) is 4. The van der Waals surface area contributed by atoms with Gasteiger partial charge in [0.05, 0.1) is 13.0 Å². The molecule has 1 rings (SSSR count). The van der Waals surface area contributed by atoms with Crippen LogP contribution in [0.4, 0.5) is 0 Å². The molecule has 5 N–H and O–H groups in total. The largest absolute Gasteiger partial charge is 0.493 e. The zero-order chi connectivity index (χ0) is 13.4. The van der Waals surface area contributed by atoms with E-state index in [0.717, 1.165) is 0 Å². The van der Waals surface area contributed by atoms with E-state index in [2.05, 4.69) is 5.32 Å². The van der Waals surface area contributed by atoms with Crippen molar-refractivity contribution >= 4 is 11.8 Å². The number of ether oxygens (including phenoxy) is 1. The molecule has 0 aliphatic heterocycles. The molecule has 98 valence electrons. The molecule has 0 saturated carbocycles. The highest BCUT2D eigenvalue weighted by Crippen LogP contribution is 2.12. The second-order valence-corrected chi connectivity index (χ2v) is 3.63. The lowest BCUT2D eigenvalue weighted by atomic mass is 10.2. The van der Waals surface area contributed by atoms with Crippen LogP contribution in [0.25, 0.3) is 0 Å². The van der Waals surface area contributed by atoms with Crippen molar-refractivity contribution in [3.63, 3.8) is 0 Å². The molecule has 0 fully saturated rings. The highest BCUT2D eigenvalue weighted by Gasteiger charge is 2.04. The van der Waals surface area contributed by atoms with Crippen molar-refractivity contribution in [2.75, 3.05) is 19.7 Å². The summed E-state index contributed by atoms with van der Waals surface area (Å²) in [5, 5.41) is 2.66. The Morgan fingerprint density at radius 2 is 1.89 bits per heavy atom. The molecule has 0 unspecified atom stereocenters. The van der Waals surface area contributed by atoms with Gasteiger partial charge in [0, 0.05) is 18.7 Å². The molecule has 1 aromatic carbocycles. The quantitative estimate of drug-likeness (QED) is 0.614. The Labute approximate surface area is 105 Å². The zero-order valence-corrected chi connectivity index (χ0v) is 10.0. The fourth-order valence-electron chi connectivity index (χ4n) is 1.26. The van der Waals surface area contributed by atoms with Crippen LogP contribution >= 0.6 is 0 Å². The smallest absolute Gasteiger partial charge is 0.251 e. The summed E-state index contributed by atoms with van der Waals surface area (Å²) in [6.07, 6.45) is 0.165. The topological polar surface area (TPSA) is 107 Å². The summed E-state index contributed by atoms with van der Waals surface area (Å²) >= 11 is 0. The Kier molecular flexibility index (Phi) is 5.66. The summed E-state index contributed by atoms with van der Waals surface area (Å²) < 4.78 is 5.28. The number of nitrogens with one attached hydrogen (secondary N) is 1. The van der Waals surface area contributed by atoms with Gasteiger partial charge in [0.1, 0.15) is 5.75 Å². The molecule has 0 radical (unpaired) electrons. The molecule has 1 aromatic rings. The van der Waals surface area contributed by atoms with Crippen molar-refractivity contribution in [2.24, 2.45) is 11.5 Å². The first kappa shape index (κ1) is 14.0. The van der Waals surface area contributed by atoms with Crippen molar-refractivity contribution < 1.29 is 14.3 Å². The maximum absolute atomic E-state index is 11.5. The van der Waals surface area contributed by atoms with Crippen LogP contribution in [0.2, 0.25) is 0 Å². The minimum atomic E-state index is -0.409. The number of primary amides is 1. The minimum Gasteiger partial charge on any atom is -0.493 e. The first-order valence-corrected chi connectivity index (χ1v) is 5.63. The van der Waals surface area contributed by atoms with Crippen molar-refractivity contribution in [3.05, 3.63) is 29.8 Å². The Bertz CT molecular complexity index is 404. The first-order chi connectivity index (χ1) is 8.63. The van der Waals surface area contributed by atoms with Gasteiger partial charge in [0.2, 0.25) is 5.91 Å². The minimum absolute atomic E-state index is 0.165. The van der Waals surface area contributed by atoms with Gasteiger partial charge in [-0.25, -0.2) is 0 Å². The molecule has 18 heavy (non-hydrogen) atoms. The monoisotopic (exact) mass is 251 g/mol. The summed E-state index contributed by atoms with van der Waals surface area (Å²) in [6.45, 7) is 1.07. The number of hydrogen-bond donors (Lipinski definition) is 3. The number of amides is 2. The van der Waals surface area contributed by atoms with E-state index in [9.17, 15) is 9.59 Å². The first-order valence-electron chi connectivity index (χ1n) is 5.63. The fraction of sp³-hybridized carbons (Fsp3) is 0.333. The SMILES string of the molecule is NCCNC(=O)c1ccc(OCCC(N)=O)cc1. The fourth-order valence-corrected chi connectivity index (χ4v) is 1.26. The number of benzene rings is 1. The number of carbonyl (C=O) groups excluding carboxylic acids is 2. The molecular formula is C12H17N3O3. The molecule has 6 heteroatoms. The summed E-state index contributed by atoms with van der Waals surface area (Å²) in [5.74, 6) is 0.00328. The van der Waals surface area contributed by atoms with Gasteiger partial charge in [-0.2, -0.15) is 0 Å². The standard InChI is InChI=1S/C12H17N3O3/c13-6-7-15-12(17)9-1-3-10(4-2-9)18-8-5-11(14)16/h1-4H,5-8,13H2,(H2,14,16)(H,15,17). The van der Waals surface area contributed by atoms with Crippen LogP contribution in [-0.4, -0.2) is 31.5 Å². The summed E-state index contributed by atoms with van der Waals surface area (Å²) in [6, 6.07) is 6.62. The van der Waals surface area contributed by atoms with Gasteiger partial charge >= 0.3 is 0 Å². The average Bonchev–Trinajstić information content (AvgIpc) is 2.36. The zero-order valence-electron chi connectivity index (χ0n) is 10.0. The average molecular weight is 251 g/mol. The van der Waals surface area contributed by atoms with Crippen molar-refractivity contribution in [2.45, 2.75) is 6.42 Å². The van der Waals surface area contributed by atoms with Crippen LogP contribution in [0.3, 0.4) is 0 Å². The normalized spacial score (nSPS) is 9.83. The van der Waals surface area contributed by atoms with Crippen LogP contribution in [0.1, 0.15) is 16.8 Å². The molecule has 0 atom stereocenters. The molecule has 0 spiro atoms. The molecule has 0 aliphatic carbocycles. The molecular weight excluding hydrogens is 234 g/mol. The van der Waals surface area contributed by atoms with Crippen LogP contribution in [0, 0.1) is 0 Å². The van der Waals surface area contributed by atoms with Gasteiger partial charge in [0.25, 0.3) is 5.91 Å². The number of rotatable bonds is 7. The maximum atomic E-state index is 11.5. The predicted octanol–water partition coefficient (Wildman–Crippen LogP) is -0.371. The molecule has 0 saturated heterocycles. The Morgan fingerprint density at radius 3 is 2.44 bits per heavy atom. The van der Waals surface area contributed by atoms with Crippen LogP contribution in [0.15, 0.2) is 24.3 Å². The van der Waals surface area contributed by atoms with E-state index in [0.29, 0.717) is 24.4 Å². The lowest BCUT2D eigenvalue weighted by molar-refractivity contribution is -0.118. The Balaban J connectivity index is 2.46. The van der Waals surface area contributed by atoms with Crippen molar-refractivity contribution in [1.82, 2.24) is 5.32 Å². The van der Waals surface area contributed by atoms with E-state index >= 15 is 0 Å². The van der Waals surface area contributed by atoms with E-state index < -0.39 is 5.91 Å². The molecule has 0 aliphatic rings. The van der Waals surface area contributed by atoms with E-state index in [1.807, 2.05) is 0 Å². The van der Waals surface area contributed by atoms with E-state index in [1.165, 1.54) is 0 Å². The number of nitrogens with two attached hydrogens (primary N) is 2. The molecule has 2 amide bonds. The van der Waals surface area contributed by atoms with Gasteiger partial charge in [-0.15, -0.1) is 0 Å². The van der Waals surface area contributed by atoms with Gasteiger partial charge in [-0.3, -0.25) is 9.59 Å². The van der Waals surface area contributed by atoms with Crippen molar-refractivity contribution in [3.8, 4) is 5.75 Å². The van der Waals surface area contributed by atoms with Gasteiger partial charge in [-0.1, -0.05) is 0 Å². The van der Waals surface area contributed by atoms with Gasteiger partial charge in [-0.05, 0) is 24.3 Å². The third kappa shape index (κ3) is 4.84. The predicted molar refractivity (Wildman–Crippen MR) is 67.1 cm³/mol. The van der Waals surface area contributed by atoms with Crippen LogP contribution in [0.5, 0.6) is 5.75 Å². The molecule has 0 bridgehead atoms. The van der Waals surface area contributed by atoms with Crippen LogP contribution in [-0.2, 0) is 4.79 Å². The lowest BCUT2D eigenvalue weighted by Crippen LogP contribution is -2.28. The summed E-state index contributed by atoms with van der Waals surface area (Å²) in [7, 11) is 0. The Hall–Kier alpha value is -2.08. The molecule has 0 heterocycles. The van der Waals surface area contributed by atoms with Gasteiger partial charge in [0.15, 0.2) is 0 Å². The van der Waals surface area contributed by atoms with Gasteiger partial charge < -0.3 is 21.5 Å². The van der Waals surface area contributed by atoms with Crippen molar-refractivity contribution in [1.29, 1.82) is 0 Å². The number of carbonyl (C=O) groups is 2. The van der Waals surface area contributed by atoms with E-state index in [-0.39, 0.29) is 18.9 Å². The Morgan fingerprint density at radius 1 is 1.22 bits per heavy atom. The highest BCUT2D eigenvalue weighted by atomic mass is 16.5. The second-order valence-electron chi connectivity index (χ2n) is 3.63. The maximum Gasteiger partial charge on any atom is 0.251 e. The molecule has 6 nitrogen and oxygen atoms in total. The second kappa shape index (κ2) is 7.29.